The van der Waals surface area contributed by atoms with Gasteiger partial charge in [0.2, 0.25) is 10.0 Å². The molecule has 0 amide bonds. The van der Waals surface area contributed by atoms with Gasteiger partial charge in [-0.3, -0.25) is 0 Å². The minimum absolute atomic E-state index is 0.0804. The number of ether oxygens (including phenoxy) is 1. The molecule has 1 unspecified atom stereocenters. The second-order valence-corrected chi connectivity index (χ2v) is 9.48. The Labute approximate surface area is 173 Å². The summed E-state index contributed by atoms with van der Waals surface area (Å²) < 4.78 is 34.0. The molecular formula is C24H27NO3S. The van der Waals surface area contributed by atoms with Crippen molar-refractivity contribution in [2.45, 2.75) is 36.6 Å². The molecule has 0 radical (unpaired) electrons. The van der Waals surface area contributed by atoms with Crippen LogP contribution in [0.4, 0.5) is 0 Å². The molecule has 1 aliphatic heterocycles. The van der Waals surface area contributed by atoms with Crippen molar-refractivity contribution in [3.8, 4) is 0 Å². The summed E-state index contributed by atoms with van der Waals surface area (Å²) in [6.45, 7) is 1.67. The molecule has 0 saturated carbocycles. The molecule has 5 heteroatoms. The molecule has 1 fully saturated rings. The molecule has 1 atom stereocenters. The maximum Gasteiger partial charge on any atom is 0.243 e. The number of benzene rings is 3. The Kier molecular flexibility index (Phi) is 6.28. The zero-order chi connectivity index (χ0) is 20.1. The third kappa shape index (κ3) is 4.69. The van der Waals surface area contributed by atoms with Crippen molar-refractivity contribution in [3.05, 3.63) is 78.4 Å². The van der Waals surface area contributed by atoms with Crippen LogP contribution in [0, 0.1) is 0 Å². The van der Waals surface area contributed by atoms with Crippen molar-refractivity contribution < 1.29 is 13.2 Å². The summed E-state index contributed by atoms with van der Waals surface area (Å²) in [5.74, 6) is 0. The lowest BCUT2D eigenvalue weighted by atomic mass is 10.1. The summed E-state index contributed by atoms with van der Waals surface area (Å²) >= 11 is 0. The fraction of sp³-hybridized carbons (Fsp3) is 0.333. The average Bonchev–Trinajstić information content (AvgIpc) is 3.23. The fourth-order valence-electron chi connectivity index (χ4n) is 4.00. The van der Waals surface area contributed by atoms with E-state index in [4.69, 9.17) is 4.74 Å². The van der Waals surface area contributed by atoms with Crippen molar-refractivity contribution in [1.29, 1.82) is 0 Å². The van der Waals surface area contributed by atoms with Crippen molar-refractivity contribution in [2.75, 3.05) is 19.8 Å². The van der Waals surface area contributed by atoms with E-state index in [2.05, 4.69) is 12.1 Å². The monoisotopic (exact) mass is 409 g/mol. The van der Waals surface area contributed by atoms with Gasteiger partial charge in [-0.05, 0) is 54.2 Å². The SMILES string of the molecule is O=S(=O)(c1ccc2ccccc2c1)N1CCCC1COCCCc1ccccc1. The quantitative estimate of drug-likeness (QED) is 0.509. The summed E-state index contributed by atoms with van der Waals surface area (Å²) in [4.78, 5) is 0.368. The Bertz CT molecular complexity index is 1050. The van der Waals surface area contributed by atoms with E-state index in [0.717, 1.165) is 36.5 Å². The van der Waals surface area contributed by atoms with Crippen LogP contribution in [0.15, 0.2) is 77.7 Å². The summed E-state index contributed by atoms with van der Waals surface area (Å²) in [7, 11) is -3.51. The molecule has 0 aliphatic carbocycles. The zero-order valence-corrected chi connectivity index (χ0v) is 17.4. The lowest BCUT2D eigenvalue weighted by Gasteiger charge is -2.24. The third-order valence-corrected chi connectivity index (χ3v) is 7.51. The number of nitrogens with zero attached hydrogens (tertiary/aromatic N) is 1. The number of sulfonamides is 1. The minimum atomic E-state index is -3.51. The van der Waals surface area contributed by atoms with E-state index in [0.29, 0.717) is 24.7 Å². The molecule has 3 aromatic carbocycles. The molecule has 29 heavy (non-hydrogen) atoms. The van der Waals surface area contributed by atoms with E-state index in [1.165, 1.54) is 5.56 Å². The van der Waals surface area contributed by atoms with Gasteiger partial charge in [0.25, 0.3) is 0 Å². The van der Waals surface area contributed by atoms with Gasteiger partial charge in [0.1, 0.15) is 0 Å². The van der Waals surface area contributed by atoms with Gasteiger partial charge in [0, 0.05) is 19.2 Å². The summed E-state index contributed by atoms with van der Waals surface area (Å²) in [5, 5.41) is 1.99. The minimum Gasteiger partial charge on any atom is -0.380 e. The smallest absolute Gasteiger partial charge is 0.243 e. The van der Waals surface area contributed by atoms with Crippen LogP contribution in [-0.4, -0.2) is 38.5 Å². The first kappa shape index (κ1) is 20.1. The molecule has 1 heterocycles. The Morgan fingerprint density at radius 2 is 1.69 bits per heavy atom. The topological polar surface area (TPSA) is 46.6 Å². The Morgan fingerprint density at radius 3 is 2.52 bits per heavy atom. The molecule has 3 aromatic rings. The first-order chi connectivity index (χ1) is 14.1. The van der Waals surface area contributed by atoms with E-state index in [1.54, 1.807) is 16.4 Å². The van der Waals surface area contributed by atoms with Crippen molar-refractivity contribution in [3.63, 3.8) is 0 Å². The van der Waals surface area contributed by atoms with E-state index in [1.807, 2.05) is 48.5 Å². The summed E-state index contributed by atoms with van der Waals surface area (Å²) in [5.41, 5.74) is 1.30. The van der Waals surface area contributed by atoms with Crippen LogP contribution in [-0.2, 0) is 21.2 Å². The molecule has 152 valence electrons. The highest BCUT2D eigenvalue weighted by atomic mass is 32.2. The van der Waals surface area contributed by atoms with Crippen molar-refractivity contribution >= 4 is 20.8 Å². The molecule has 0 aromatic heterocycles. The Hall–Kier alpha value is -2.21. The zero-order valence-electron chi connectivity index (χ0n) is 16.5. The maximum atomic E-state index is 13.2. The van der Waals surface area contributed by atoms with Gasteiger partial charge in [0.05, 0.1) is 11.5 Å². The number of hydrogen-bond acceptors (Lipinski definition) is 3. The standard InChI is InChI=1S/C24H27NO3S/c26-29(27,24-15-14-21-11-4-5-12-22(21)18-24)25-16-6-13-23(25)19-28-17-7-10-20-8-2-1-3-9-20/h1-5,8-9,11-12,14-15,18,23H,6-7,10,13,16-17,19H2. The molecule has 4 rings (SSSR count). The van der Waals surface area contributed by atoms with Gasteiger partial charge in [-0.1, -0.05) is 60.7 Å². The van der Waals surface area contributed by atoms with Gasteiger partial charge in [-0.25, -0.2) is 8.42 Å². The first-order valence-corrected chi connectivity index (χ1v) is 11.7. The van der Waals surface area contributed by atoms with Crippen LogP contribution >= 0.6 is 0 Å². The fourth-order valence-corrected chi connectivity index (χ4v) is 5.71. The van der Waals surface area contributed by atoms with E-state index < -0.39 is 10.0 Å². The molecule has 0 spiro atoms. The van der Waals surface area contributed by atoms with Gasteiger partial charge in [-0.15, -0.1) is 0 Å². The Morgan fingerprint density at radius 1 is 0.931 bits per heavy atom. The second-order valence-electron chi connectivity index (χ2n) is 7.58. The average molecular weight is 410 g/mol. The highest BCUT2D eigenvalue weighted by molar-refractivity contribution is 7.89. The lowest BCUT2D eigenvalue weighted by Crippen LogP contribution is -2.38. The van der Waals surface area contributed by atoms with Crippen LogP contribution in [0.2, 0.25) is 0 Å². The molecule has 0 N–H and O–H groups in total. The number of hydrogen-bond donors (Lipinski definition) is 0. The largest absolute Gasteiger partial charge is 0.380 e. The van der Waals surface area contributed by atoms with Crippen LogP contribution in [0.1, 0.15) is 24.8 Å². The van der Waals surface area contributed by atoms with Crippen molar-refractivity contribution in [1.82, 2.24) is 4.31 Å². The van der Waals surface area contributed by atoms with Crippen LogP contribution in [0.3, 0.4) is 0 Å². The van der Waals surface area contributed by atoms with Crippen LogP contribution in [0.5, 0.6) is 0 Å². The van der Waals surface area contributed by atoms with E-state index >= 15 is 0 Å². The van der Waals surface area contributed by atoms with E-state index in [-0.39, 0.29) is 6.04 Å². The number of rotatable bonds is 8. The van der Waals surface area contributed by atoms with Crippen molar-refractivity contribution in [2.24, 2.45) is 0 Å². The van der Waals surface area contributed by atoms with Gasteiger partial charge in [0.15, 0.2) is 0 Å². The molecule has 4 nitrogen and oxygen atoms in total. The number of aryl methyl sites for hydroxylation is 1. The Balaban J connectivity index is 1.36. The number of fused-ring (bicyclic) bond motifs is 1. The third-order valence-electron chi connectivity index (χ3n) is 5.56. The lowest BCUT2D eigenvalue weighted by molar-refractivity contribution is 0.0974. The normalized spacial score (nSPS) is 17.7. The molecule has 0 bridgehead atoms. The summed E-state index contributed by atoms with van der Waals surface area (Å²) in [6, 6.07) is 23.5. The predicted octanol–water partition coefficient (Wildman–Crippen LogP) is 4.64. The predicted molar refractivity (Wildman–Crippen MR) is 116 cm³/mol. The van der Waals surface area contributed by atoms with Crippen LogP contribution in [0.25, 0.3) is 10.8 Å². The van der Waals surface area contributed by atoms with Gasteiger partial charge in [-0.2, -0.15) is 4.31 Å². The first-order valence-electron chi connectivity index (χ1n) is 10.3. The second kappa shape index (κ2) is 9.08. The van der Waals surface area contributed by atoms with Crippen LogP contribution < -0.4 is 0 Å². The highest BCUT2D eigenvalue weighted by Crippen LogP contribution is 2.28. The molecular weight excluding hydrogens is 382 g/mol. The highest BCUT2D eigenvalue weighted by Gasteiger charge is 2.35. The molecule has 1 aliphatic rings. The maximum absolute atomic E-state index is 13.2. The van der Waals surface area contributed by atoms with Gasteiger partial charge >= 0.3 is 0 Å². The summed E-state index contributed by atoms with van der Waals surface area (Å²) in [6.07, 6.45) is 3.65. The van der Waals surface area contributed by atoms with Gasteiger partial charge < -0.3 is 4.74 Å². The molecule has 1 saturated heterocycles. The van der Waals surface area contributed by atoms with E-state index in [9.17, 15) is 8.42 Å².